The van der Waals surface area contributed by atoms with Crippen LogP contribution in [-0.4, -0.2) is 21.1 Å². The number of hydrogen-bond donors (Lipinski definition) is 0. The highest BCUT2D eigenvalue weighted by Crippen LogP contribution is 2.51. The zero-order valence-corrected chi connectivity index (χ0v) is 25.7. The second-order valence-corrected chi connectivity index (χ2v) is 12.3. The Kier molecular flexibility index (Phi) is 5.93. The molecule has 8 aromatic rings. The van der Waals surface area contributed by atoms with Crippen molar-refractivity contribution in [3.63, 3.8) is 0 Å². The molecule has 2 unspecified atom stereocenters. The lowest BCUT2D eigenvalue weighted by molar-refractivity contribution is 0.272. The van der Waals surface area contributed by atoms with Crippen molar-refractivity contribution in [2.75, 3.05) is 0 Å². The number of hydrogen-bond acceptors (Lipinski definition) is 5. The first-order chi connectivity index (χ1) is 23.8. The summed E-state index contributed by atoms with van der Waals surface area (Å²) >= 11 is 0. The fourth-order valence-electron chi connectivity index (χ4n) is 7.19. The highest BCUT2D eigenvalue weighted by atomic mass is 16.5. The van der Waals surface area contributed by atoms with Gasteiger partial charge in [-0.2, -0.15) is 0 Å². The Hall–Kier alpha value is -6.33. The minimum absolute atomic E-state index is 0.0705. The molecule has 0 N–H and O–H groups in total. The Balaban J connectivity index is 1.11. The van der Waals surface area contributed by atoms with Crippen molar-refractivity contribution in [1.29, 1.82) is 0 Å². The summed E-state index contributed by atoms with van der Waals surface area (Å²) in [5.41, 5.74) is 7.94. The molecular weight excluding hydrogens is 590 g/mol. The minimum Gasteiger partial charge on any atom is -0.484 e. The average Bonchev–Trinajstić information content (AvgIpc) is 3.73. The minimum atomic E-state index is -0.180. The quantitative estimate of drug-likeness (QED) is 0.197. The van der Waals surface area contributed by atoms with Crippen molar-refractivity contribution >= 4 is 38.3 Å². The van der Waals surface area contributed by atoms with Crippen LogP contribution in [0.2, 0.25) is 0 Å². The van der Waals surface area contributed by atoms with Crippen molar-refractivity contribution in [2.24, 2.45) is 0 Å². The van der Waals surface area contributed by atoms with Crippen molar-refractivity contribution in [3.05, 3.63) is 163 Å². The maximum absolute atomic E-state index is 6.78. The van der Waals surface area contributed by atoms with Crippen LogP contribution in [0.5, 0.6) is 5.75 Å². The van der Waals surface area contributed by atoms with Gasteiger partial charge in [-0.3, -0.25) is 0 Å². The molecule has 0 spiro atoms. The summed E-state index contributed by atoms with van der Waals surface area (Å²) in [6, 6.07) is 45.8. The van der Waals surface area contributed by atoms with Crippen LogP contribution >= 0.6 is 0 Å². The summed E-state index contributed by atoms with van der Waals surface area (Å²) < 4.78 is 12.9. The largest absolute Gasteiger partial charge is 0.484 e. The van der Waals surface area contributed by atoms with E-state index in [4.69, 9.17) is 24.1 Å². The Morgan fingerprint density at radius 3 is 2.19 bits per heavy atom. The third-order valence-corrected chi connectivity index (χ3v) is 9.50. The number of benzene rings is 6. The molecule has 2 aliphatic rings. The Labute approximate surface area is 276 Å². The van der Waals surface area contributed by atoms with E-state index in [0.29, 0.717) is 17.5 Å². The van der Waals surface area contributed by atoms with E-state index in [2.05, 4.69) is 103 Å². The van der Waals surface area contributed by atoms with Gasteiger partial charge in [0.05, 0.1) is 5.92 Å². The van der Waals surface area contributed by atoms with Crippen LogP contribution in [0.25, 0.3) is 72.2 Å². The molecular formula is C43H27N3O2. The molecule has 2 atom stereocenters. The highest BCUT2D eigenvalue weighted by molar-refractivity contribution is 6.06. The second kappa shape index (κ2) is 10.6. The van der Waals surface area contributed by atoms with Crippen LogP contribution in [0.3, 0.4) is 0 Å². The molecule has 226 valence electrons. The number of furan rings is 1. The summed E-state index contributed by atoms with van der Waals surface area (Å²) in [4.78, 5) is 15.2. The second-order valence-electron chi connectivity index (χ2n) is 12.3. The SMILES string of the molecule is C1=CC2Oc3c(-c4ccc5oc6ccccc6c5c4)cccc3C2C(c2nc(-c3ccccc3)nc(-c3ccc4ccccc4c3)n2)=C1. The van der Waals surface area contributed by atoms with E-state index in [1.54, 1.807) is 0 Å². The standard InChI is InChI=1S/C43H27N3O2/c1-2-11-27(12-3-1)41-44-42(30-21-20-26-10-4-5-13-28(26)24-30)46-43(45-41)34-17-9-19-38-39(34)33-16-8-15-31(40(33)48-38)29-22-23-37-35(25-29)32-14-6-7-18-36(32)47-37/h1-25,38-39H. The first-order valence-corrected chi connectivity index (χ1v) is 16.2. The predicted octanol–water partition coefficient (Wildman–Crippen LogP) is 10.4. The lowest BCUT2D eigenvalue weighted by Gasteiger charge is -2.22. The molecule has 48 heavy (non-hydrogen) atoms. The zero-order chi connectivity index (χ0) is 31.6. The molecule has 6 aromatic carbocycles. The Bertz CT molecular complexity index is 2620. The molecule has 3 heterocycles. The van der Waals surface area contributed by atoms with Crippen molar-refractivity contribution in [1.82, 2.24) is 15.0 Å². The van der Waals surface area contributed by atoms with Gasteiger partial charge in [-0.1, -0.05) is 121 Å². The third kappa shape index (κ3) is 4.28. The molecule has 1 aliphatic carbocycles. The normalized spacial score (nSPS) is 16.5. The van der Waals surface area contributed by atoms with E-state index in [-0.39, 0.29) is 12.0 Å². The molecule has 2 aromatic heterocycles. The van der Waals surface area contributed by atoms with Crippen molar-refractivity contribution in [2.45, 2.75) is 12.0 Å². The molecule has 5 heteroatoms. The van der Waals surface area contributed by atoms with Gasteiger partial charge in [0, 0.05) is 38.6 Å². The first kappa shape index (κ1) is 26.8. The maximum Gasteiger partial charge on any atom is 0.164 e. The summed E-state index contributed by atoms with van der Waals surface area (Å²) in [5.74, 6) is 2.76. The van der Waals surface area contributed by atoms with Crippen LogP contribution < -0.4 is 4.74 Å². The summed E-state index contributed by atoms with van der Waals surface area (Å²) in [5, 5.41) is 4.52. The molecule has 10 rings (SSSR count). The zero-order valence-electron chi connectivity index (χ0n) is 25.7. The number of nitrogens with zero attached hydrogens (tertiary/aromatic N) is 3. The number of fused-ring (bicyclic) bond motifs is 7. The molecule has 0 radical (unpaired) electrons. The first-order valence-electron chi connectivity index (χ1n) is 16.2. The molecule has 1 aliphatic heterocycles. The lowest BCUT2D eigenvalue weighted by Crippen LogP contribution is -2.20. The molecule has 0 saturated carbocycles. The van der Waals surface area contributed by atoms with Gasteiger partial charge in [-0.05, 0) is 46.7 Å². The Morgan fingerprint density at radius 2 is 1.27 bits per heavy atom. The predicted molar refractivity (Wildman–Crippen MR) is 192 cm³/mol. The van der Waals surface area contributed by atoms with Crippen molar-refractivity contribution < 1.29 is 9.15 Å². The number of ether oxygens (including phenoxy) is 1. The van der Waals surface area contributed by atoms with Crippen LogP contribution in [0, 0.1) is 0 Å². The van der Waals surface area contributed by atoms with Crippen LogP contribution in [0.15, 0.2) is 156 Å². The van der Waals surface area contributed by atoms with Gasteiger partial charge < -0.3 is 9.15 Å². The van der Waals surface area contributed by atoms with Crippen LogP contribution in [0.1, 0.15) is 17.3 Å². The fourth-order valence-corrected chi connectivity index (χ4v) is 7.19. The van der Waals surface area contributed by atoms with E-state index in [1.165, 1.54) is 5.39 Å². The number of allylic oxidation sites excluding steroid dienone is 2. The average molecular weight is 618 g/mol. The van der Waals surface area contributed by atoms with E-state index >= 15 is 0 Å². The van der Waals surface area contributed by atoms with E-state index in [0.717, 1.165) is 66.5 Å². The molecule has 0 fully saturated rings. The summed E-state index contributed by atoms with van der Waals surface area (Å²) in [6.07, 6.45) is 6.15. The molecule has 0 bridgehead atoms. The van der Waals surface area contributed by atoms with Crippen LogP contribution in [-0.2, 0) is 0 Å². The van der Waals surface area contributed by atoms with Crippen LogP contribution in [0.4, 0.5) is 0 Å². The maximum atomic E-state index is 6.78. The van der Waals surface area contributed by atoms with Gasteiger partial charge >= 0.3 is 0 Å². The monoisotopic (exact) mass is 617 g/mol. The van der Waals surface area contributed by atoms with Gasteiger partial charge in [0.15, 0.2) is 17.5 Å². The molecule has 5 nitrogen and oxygen atoms in total. The summed E-state index contributed by atoms with van der Waals surface area (Å²) in [7, 11) is 0. The van der Waals surface area contributed by atoms with Crippen molar-refractivity contribution in [3.8, 4) is 39.7 Å². The number of aromatic nitrogens is 3. The smallest absolute Gasteiger partial charge is 0.164 e. The highest BCUT2D eigenvalue weighted by Gasteiger charge is 2.40. The van der Waals surface area contributed by atoms with E-state index < -0.39 is 0 Å². The number of rotatable bonds is 4. The van der Waals surface area contributed by atoms with Gasteiger partial charge in [-0.25, -0.2) is 15.0 Å². The molecule has 0 amide bonds. The van der Waals surface area contributed by atoms with E-state index in [9.17, 15) is 0 Å². The van der Waals surface area contributed by atoms with Gasteiger partial charge in [-0.15, -0.1) is 0 Å². The fraction of sp³-hybridized carbons (Fsp3) is 0.0465. The van der Waals surface area contributed by atoms with E-state index in [1.807, 2.05) is 48.5 Å². The van der Waals surface area contributed by atoms with Gasteiger partial charge in [0.1, 0.15) is 23.0 Å². The van der Waals surface area contributed by atoms with Gasteiger partial charge in [0.2, 0.25) is 0 Å². The Morgan fingerprint density at radius 1 is 0.521 bits per heavy atom. The summed E-state index contributed by atoms with van der Waals surface area (Å²) in [6.45, 7) is 0. The topological polar surface area (TPSA) is 61.0 Å². The van der Waals surface area contributed by atoms with Gasteiger partial charge in [0.25, 0.3) is 0 Å². The third-order valence-electron chi connectivity index (χ3n) is 9.50. The lowest BCUT2D eigenvalue weighted by atomic mass is 9.83. The molecule has 0 saturated heterocycles. The number of para-hydroxylation sites is 2.